The molecular formula is C16H22N4O. The third-order valence-corrected chi connectivity index (χ3v) is 3.56. The highest BCUT2D eigenvalue weighted by Crippen LogP contribution is 2.35. The van der Waals surface area contributed by atoms with Crippen LogP contribution in [0.15, 0.2) is 30.9 Å². The molecule has 0 aliphatic heterocycles. The van der Waals surface area contributed by atoms with Crippen LogP contribution in [0.25, 0.3) is 0 Å². The molecule has 0 aromatic carbocycles. The van der Waals surface area contributed by atoms with Gasteiger partial charge in [-0.1, -0.05) is 13.8 Å². The molecular weight excluding hydrogens is 264 g/mol. The van der Waals surface area contributed by atoms with E-state index in [0.29, 0.717) is 18.7 Å². The van der Waals surface area contributed by atoms with Crippen LogP contribution in [0.5, 0.6) is 5.75 Å². The van der Waals surface area contributed by atoms with Gasteiger partial charge in [-0.25, -0.2) is 4.98 Å². The first-order valence-corrected chi connectivity index (χ1v) is 7.54. The van der Waals surface area contributed by atoms with Crippen molar-refractivity contribution in [2.75, 3.05) is 0 Å². The number of imidazole rings is 1. The second-order valence-electron chi connectivity index (χ2n) is 5.83. The topological polar surface area (TPSA) is 52.0 Å². The summed E-state index contributed by atoms with van der Waals surface area (Å²) in [6.07, 6.45) is 8.07. The van der Waals surface area contributed by atoms with E-state index in [1.807, 2.05) is 24.7 Å². The average Bonchev–Trinajstić information content (AvgIpc) is 3.23. The molecule has 5 heteroatoms. The van der Waals surface area contributed by atoms with Gasteiger partial charge in [-0.15, -0.1) is 0 Å². The number of hydrogen-bond donors (Lipinski definition) is 1. The van der Waals surface area contributed by atoms with Crippen LogP contribution in [0, 0.1) is 0 Å². The van der Waals surface area contributed by atoms with Crippen molar-refractivity contribution in [1.29, 1.82) is 0 Å². The fourth-order valence-corrected chi connectivity index (χ4v) is 2.19. The zero-order valence-electron chi connectivity index (χ0n) is 12.6. The van der Waals surface area contributed by atoms with Gasteiger partial charge in [0, 0.05) is 18.6 Å². The van der Waals surface area contributed by atoms with Crippen LogP contribution in [0.2, 0.25) is 0 Å². The zero-order chi connectivity index (χ0) is 14.7. The van der Waals surface area contributed by atoms with E-state index in [1.54, 1.807) is 6.20 Å². The molecule has 1 saturated carbocycles. The summed E-state index contributed by atoms with van der Waals surface area (Å²) in [5, 5.41) is 3.35. The van der Waals surface area contributed by atoms with Crippen molar-refractivity contribution in [2.45, 2.75) is 51.9 Å². The summed E-state index contributed by atoms with van der Waals surface area (Å²) in [6, 6.07) is 5.07. The molecule has 0 amide bonds. The van der Waals surface area contributed by atoms with Crippen LogP contribution in [-0.2, 0) is 13.2 Å². The molecule has 5 nitrogen and oxygen atoms in total. The van der Waals surface area contributed by atoms with Crippen LogP contribution < -0.4 is 10.1 Å². The van der Waals surface area contributed by atoms with Crippen molar-refractivity contribution in [3.8, 4) is 5.75 Å². The molecule has 0 unspecified atom stereocenters. The van der Waals surface area contributed by atoms with E-state index in [2.05, 4.69) is 33.7 Å². The molecule has 2 aromatic heterocycles. The fourth-order valence-electron chi connectivity index (χ4n) is 2.19. The number of aromatic nitrogens is 3. The molecule has 2 aromatic rings. The second kappa shape index (κ2) is 6.26. The van der Waals surface area contributed by atoms with Gasteiger partial charge in [0.25, 0.3) is 0 Å². The minimum absolute atomic E-state index is 0.463. The fraction of sp³-hybridized carbons (Fsp3) is 0.500. The smallest absolute Gasteiger partial charge is 0.138 e. The third-order valence-electron chi connectivity index (χ3n) is 3.56. The molecule has 3 rings (SSSR count). The van der Waals surface area contributed by atoms with Gasteiger partial charge in [0.1, 0.15) is 12.4 Å². The normalized spacial score (nSPS) is 14.6. The molecule has 1 fully saturated rings. The Morgan fingerprint density at radius 3 is 2.86 bits per heavy atom. The molecule has 1 N–H and O–H groups in total. The number of hydrogen-bond acceptors (Lipinski definition) is 4. The SMILES string of the molecule is CC(C)NCc1ccc(OCc2cncn2C2CC2)cn1. The summed E-state index contributed by atoms with van der Waals surface area (Å²) in [4.78, 5) is 8.62. The molecule has 1 aliphatic rings. The summed E-state index contributed by atoms with van der Waals surface area (Å²) >= 11 is 0. The Kier molecular flexibility index (Phi) is 4.20. The molecule has 0 atom stereocenters. The Bertz CT molecular complexity index is 572. The van der Waals surface area contributed by atoms with Crippen LogP contribution in [0.3, 0.4) is 0 Å². The van der Waals surface area contributed by atoms with Gasteiger partial charge in [0.15, 0.2) is 0 Å². The van der Waals surface area contributed by atoms with Crippen LogP contribution in [-0.4, -0.2) is 20.6 Å². The van der Waals surface area contributed by atoms with Crippen LogP contribution in [0.4, 0.5) is 0 Å². The lowest BCUT2D eigenvalue weighted by molar-refractivity contribution is 0.293. The first-order valence-electron chi connectivity index (χ1n) is 7.54. The van der Waals surface area contributed by atoms with Gasteiger partial charge < -0.3 is 14.6 Å². The third kappa shape index (κ3) is 3.82. The lowest BCUT2D eigenvalue weighted by Crippen LogP contribution is -2.22. The van der Waals surface area contributed by atoms with E-state index >= 15 is 0 Å². The summed E-state index contributed by atoms with van der Waals surface area (Å²) in [5.41, 5.74) is 2.15. The van der Waals surface area contributed by atoms with E-state index in [9.17, 15) is 0 Å². The van der Waals surface area contributed by atoms with Crippen molar-refractivity contribution in [2.24, 2.45) is 0 Å². The summed E-state index contributed by atoms with van der Waals surface area (Å²) in [7, 11) is 0. The monoisotopic (exact) mass is 286 g/mol. The van der Waals surface area contributed by atoms with Gasteiger partial charge in [-0.05, 0) is 25.0 Å². The molecule has 0 radical (unpaired) electrons. The van der Waals surface area contributed by atoms with Gasteiger partial charge in [-0.3, -0.25) is 4.98 Å². The number of rotatable bonds is 7. The van der Waals surface area contributed by atoms with Crippen LogP contribution >= 0.6 is 0 Å². The predicted molar refractivity (Wildman–Crippen MR) is 81.0 cm³/mol. The van der Waals surface area contributed by atoms with E-state index in [4.69, 9.17) is 4.74 Å². The Labute approximate surface area is 125 Å². The first kappa shape index (κ1) is 14.1. The number of ether oxygens (including phenoxy) is 1. The number of nitrogens with one attached hydrogen (secondary N) is 1. The molecule has 2 heterocycles. The minimum atomic E-state index is 0.463. The van der Waals surface area contributed by atoms with Crippen LogP contribution in [0.1, 0.15) is 44.1 Å². The highest BCUT2D eigenvalue weighted by Gasteiger charge is 2.25. The van der Waals surface area contributed by atoms with Gasteiger partial charge in [-0.2, -0.15) is 0 Å². The molecule has 1 aliphatic carbocycles. The summed E-state index contributed by atoms with van der Waals surface area (Å²) in [6.45, 7) is 5.58. The maximum atomic E-state index is 5.81. The van der Waals surface area contributed by atoms with Crippen molar-refractivity contribution >= 4 is 0 Å². The average molecular weight is 286 g/mol. The first-order chi connectivity index (χ1) is 10.2. The quantitative estimate of drug-likeness (QED) is 0.850. The maximum absolute atomic E-state index is 5.81. The number of pyridine rings is 1. The molecule has 112 valence electrons. The number of nitrogens with zero attached hydrogens (tertiary/aromatic N) is 3. The van der Waals surface area contributed by atoms with Gasteiger partial charge in [0.05, 0.1) is 30.1 Å². The Morgan fingerprint density at radius 1 is 1.33 bits per heavy atom. The lowest BCUT2D eigenvalue weighted by atomic mass is 10.3. The zero-order valence-corrected chi connectivity index (χ0v) is 12.6. The van der Waals surface area contributed by atoms with E-state index in [1.165, 1.54) is 12.8 Å². The minimum Gasteiger partial charge on any atom is -0.486 e. The highest BCUT2D eigenvalue weighted by atomic mass is 16.5. The molecule has 0 saturated heterocycles. The van der Waals surface area contributed by atoms with Crippen molar-refractivity contribution in [1.82, 2.24) is 19.9 Å². The standard InChI is InChI=1S/C16H22N4O/c1-12(2)18-7-13-3-6-16(9-19-13)21-10-15-8-17-11-20(15)14-4-5-14/h3,6,8-9,11-12,14,18H,4-5,7,10H2,1-2H3. The maximum Gasteiger partial charge on any atom is 0.138 e. The Morgan fingerprint density at radius 2 is 2.19 bits per heavy atom. The van der Waals surface area contributed by atoms with Crippen molar-refractivity contribution in [3.05, 3.63) is 42.2 Å². The molecule has 0 spiro atoms. The molecule has 0 bridgehead atoms. The van der Waals surface area contributed by atoms with Crippen molar-refractivity contribution < 1.29 is 4.74 Å². The largest absolute Gasteiger partial charge is 0.486 e. The van der Waals surface area contributed by atoms with E-state index in [-0.39, 0.29) is 0 Å². The Hall–Kier alpha value is -1.88. The summed E-state index contributed by atoms with van der Waals surface area (Å²) < 4.78 is 8.02. The van der Waals surface area contributed by atoms with E-state index in [0.717, 1.165) is 23.7 Å². The van der Waals surface area contributed by atoms with Gasteiger partial charge in [0.2, 0.25) is 0 Å². The lowest BCUT2D eigenvalue weighted by Gasteiger charge is -2.10. The highest BCUT2D eigenvalue weighted by molar-refractivity contribution is 5.20. The van der Waals surface area contributed by atoms with Crippen molar-refractivity contribution in [3.63, 3.8) is 0 Å². The molecule has 21 heavy (non-hydrogen) atoms. The van der Waals surface area contributed by atoms with Gasteiger partial charge >= 0.3 is 0 Å². The van der Waals surface area contributed by atoms with E-state index < -0.39 is 0 Å². The second-order valence-corrected chi connectivity index (χ2v) is 5.83. The predicted octanol–water partition coefficient (Wildman–Crippen LogP) is 2.69. The summed E-state index contributed by atoms with van der Waals surface area (Å²) in [5.74, 6) is 0.798. The Balaban J connectivity index is 1.54.